The zero-order valence-corrected chi connectivity index (χ0v) is 15.1. The first-order chi connectivity index (χ1) is 13.0. The lowest BCUT2D eigenvalue weighted by Gasteiger charge is -2.09. The van der Waals surface area contributed by atoms with E-state index in [9.17, 15) is 14.4 Å². The van der Waals surface area contributed by atoms with Crippen LogP contribution in [0.25, 0.3) is 17.2 Å². The maximum Gasteiger partial charge on any atom is 0.352 e. The Morgan fingerprint density at radius 2 is 1.89 bits per heavy atom. The summed E-state index contributed by atoms with van der Waals surface area (Å²) in [4.78, 5) is 41.0. The lowest BCUT2D eigenvalue weighted by molar-refractivity contribution is 0.0912. The number of carbonyl (C=O) groups excluding carboxylic acids is 1. The van der Waals surface area contributed by atoms with Gasteiger partial charge in [-0.1, -0.05) is 22.9 Å². The Hall–Kier alpha value is -3.56. The molecular weight excluding hydrogens is 352 g/mol. The van der Waals surface area contributed by atoms with Crippen LogP contribution < -0.4 is 16.6 Å². The molecule has 1 aromatic carbocycles. The maximum atomic E-state index is 12.6. The minimum Gasteiger partial charge on any atom is -0.348 e. The second-order valence-corrected chi connectivity index (χ2v) is 5.71. The Bertz CT molecular complexity index is 1090. The third kappa shape index (κ3) is 3.41. The van der Waals surface area contributed by atoms with Crippen molar-refractivity contribution in [2.24, 2.45) is 0 Å². The van der Waals surface area contributed by atoms with Crippen molar-refractivity contribution >= 4 is 5.91 Å². The van der Waals surface area contributed by atoms with Crippen LogP contribution in [-0.2, 0) is 6.54 Å². The lowest BCUT2D eigenvalue weighted by atomic mass is 10.2. The summed E-state index contributed by atoms with van der Waals surface area (Å²) >= 11 is 0. The van der Waals surface area contributed by atoms with Crippen molar-refractivity contribution in [2.45, 2.75) is 27.3 Å². The van der Waals surface area contributed by atoms with Crippen LogP contribution in [0.5, 0.6) is 0 Å². The van der Waals surface area contributed by atoms with Crippen molar-refractivity contribution in [3.05, 3.63) is 56.6 Å². The first kappa shape index (κ1) is 18.2. The monoisotopic (exact) mass is 370 g/mol. The summed E-state index contributed by atoms with van der Waals surface area (Å²) in [5, 5.41) is 10.3. The first-order valence-corrected chi connectivity index (χ1v) is 8.39. The Morgan fingerprint density at radius 1 is 1.19 bits per heavy atom. The van der Waals surface area contributed by atoms with Gasteiger partial charge in [0.15, 0.2) is 5.69 Å². The van der Waals surface area contributed by atoms with Crippen LogP contribution in [0.4, 0.5) is 0 Å². The number of benzene rings is 1. The lowest BCUT2D eigenvalue weighted by Crippen LogP contribution is -2.41. The molecule has 0 saturated carbocycles. The highest BCUT2D eigenvalue weighted by molar-refractivity contribution is 5.89. The van der Waals surface area contributed by atoms with Crippen LogP contribution in [-0.4, -0.2) is 36.9 Å². The van der Waals surface area contributed by atoms with E-state index < -0.39 is 17.2 Å². The number of rotatable bonds is 5. The Balaban J connectivity index is 2.17. The number of aryl methyl sites for hydroxylation is 1. The number of hydrogen-bond acceptors (Lipinski definition) is 7. The van der Waals surface area contributed by atoms with Gasteiger partial charge in [-0.05, 0) is 32.9 Å². The van der Waals surface area contributed by atoms with E-state index in [1.54, 1.807) is 26.0 Å². The molecular formula is C17H18N6O4. The van der Waals surface area contributed by atoms with Crippen molar-refractivity contribution in [1.82, 2.24) is 29.8 Å². The van der Waals surface area contributed by atoms with E-state index in [0.717, 1.165) is 14.8 Å². The molecule has 0 atom stereocenters. The van der Waals surface area contributed by atoms with Gasteiger partial charge in [0, 0.05) is 13.1 Å². The van der Waals surface area contributed by atoms with Crippen molar-refractivity contribution in [1.29, 1.82) is 0 Å². The van der Waals surface area contributed by atoms with Gasteiger partial charge in [0.1, 0.15) is 0 Å². The highest BCUT2D eigenvalue weighted by Gasteiger charge is 2.22. The van der Waals surface area contributed by atoms with E-state index in [2.05, 4.69) is 20.6 Å². The average Bonchev–Trinajstić information content (AvgIpc) is 3.13. The molecule has 10 heteroatoms. The summed E-state index contributed by atoms with van der Waals surface area (Å²) in [7, 11) is 0. The zero-order chi connectivity index (χ0) is 19.6. The predicted octanol–water partition coefficient (Wildman–Crippen LogP) is 0.522. The van der Waals surface area contributed by atoms with Gasteiger partial charge in [0.05, 0.1) is 5.69 Å². The van der Waals surface area contributed by atoms with Gasteiger partial charge in [-0.15, -0.1) is 0 Å². The van der Waals surface area contributed by atoms with Gasteiger partial charge in [0.2, 0.25) is 5.82 Å². The molecule has 0 aliphatic rings. The van der Waals surface area contributed by atoms with Crippen LogP contribution >= 0.6 is 0 Å². The van der Waals surface area contributed by atoms with Gasteiger partial charge in [-0.25, -0.2) is 4.79 Å². The molecule has 2 aromatic heterocycles. The maximum absolute atomic E-state index is 12.6. The fourth-order valence-electron chi connectivity index (χ4n) is 2.44. The van der Waals surface area contributed by atoms with E-state index >= 15 is 0 Å². The van der Waals surface area contributed by atoms with Gasteiger partial charge in [0.25, 0.3) is 5.56 Å². The zero-order valence-electron chi connectivity index (χ0n) is 15.1. The molecule has 0 radical (unpaired) electrons. The minimum atomic E-state index is -0.658. The molecule has 3 rings (SSSR count). The van der Waals surface area contributed by atoms with E-state index in [-0.39, 0.29) is 24.0 Å². The molecule has 0 aliphatic carbocycles. The number of amides is 1. The molecule has 3 aromatic rings. The third-order valence-electron chi connectivity index (χ3n) is 3.82. The molecule has 140 valence electrons. The van der Waals surface area contributed by atoms with Gasteiger partial charge < -0.3 is 9.84 Å². The van der Waals surface area contributed by atoms with E-state index in [1.165, 1.54) is 0 Å². The van der Waals surface area contributed by atoms with E-state index in [4.69, 9.17) is 4.52 Å². The minimum absolute atomic E-state index is 0.139. The second-order valence-electron chi connectivity index (χ2n) is 5.71. The summed E-state index contributed by atoms with van der Waals surface area (Å²) in [6.45, 7) is 5.85. The summed E-state index contributed by atoms with van der Waals surface area (Å²) in [5.41, 5.74) is 0.0788. The number of aromatic nitrogens is 5. The van der Waals surface area contributed by atoms with Crippen molar-refractivity contribution in [2.75, 3.05) is 6.54 Å². The summed E-state index contributed by atoms with van der Waals surface area (Å²) < 4.78 is 7.02. The van der Waals surface area contributed by atoms with Crippen LogP contribution in [0.2, 0.25) is 0 Å². The van der Waals surface area contributed by atoms with Gasteiger partial charge in [-0.2, -0.15) is 14.8 Å². The molecule has 1 N–H and O–H groups in total. The topological polar surface area (TPSA) is 125 Å². The highest BCUT2D eigenvalue weighted by atomic mass is 16.5. The molecule has 0 fully saturated rings. The Morgan fingerprint density at radius 3 is 2.52 bits per heavy atom. The molecule has 1 amide bonds. The van der Waals surface area contributed by atoms with Gasteiger partial charge >= 0.3 is 17.5 Å². The Kier molecular flexibility index (Phi) is 4.97. The normalized spacial score (nSPS) is 10.8. The predicted molar refractivity (Wildman–Crippen MR) is 95.8 cm³/mol. The van der Waals surface area contributed by atoms with Crippen LogP contribution in [0, 0.1) is 6.92 Å². The first-order valence-electron chi connectivity index (χ1n) is 8.39. The van der Waals surface area contributed by atoms with Crippen molar-refractivity contribution in [3.63, 3.8) is 0 Å². The standard InChI is InChI=1S/C17H18N6O4/c1-4-18-14(24)15-19-13(21-27-15)12-16(25)22(5-2)17(26)23(20-12)11-8-6-10(3)7-9-11/h6-9H,4-5H2,1-3H3,(H,18,24). The largest absolute Gasteiger partial charge is 0.352 e. The Labute approximate surface area is 153 Å². The number of nitrogens with one attached hydrogen (secondary N) is 1. The third-order valence-corrected chi connectivity index (χ3v) is 3.82. The smallest absolute Gasteiger partial charge is 0.348 e. The summed E-state index contributed by atoms with van der Waals surface area (Å²) in [6.07, 6.45) is 0. The number of nitrogens with zero attached hydrogens (tertiary/aromatic N) is 5. The molecule has 0 saturated heterocycles. The summed E-state index contributed by atoms with van der Waals surface area (Å²) in [6, 6.07) is 7.08. The molecule has 2 heterocycles. The number of hydrogen-bond donors (Lipinski definition) is 1. The van der Waals surface area contributed by atoms with Gasteiger partial charge in [-0.3, -0.25) is 14.2 Å². The van der Waals surface area contributed by atoms with Crippen LogP contribution in [0.3, 0.4) is 0 Å². The number of carbonyl (C=O) groups is 1. The van der Waals surface area contributed by atoms with E-state index in [1.807, 2.05) is 19.1 Å². The van der Waals surface area contributed by atoms with Crippen LogP contribution in [0.15, 0.2) is 38.4 Å². The SMILES string of the molecule is CCNC(=O)c1nc(-c2nn(-c3ccc(C)cc3)c(=O)n(CC)c2=O)no1. The van der Waals surface area contributed by atoms with Crippen molar-refractivity contribution < 1.29 is 9.32 Å². The van der Waals surface area contributed by atoms with Crippen molar-refractivity contribution in [3.8, 4) is 17.2 Å². The fraction of sp³-hybridized carbons (Fsp3) is 0.294. The second kappa shape index (κ2) is 7.36. The molecule has 0 spiro atoms. The molecule has 10 nitrogen and oxygen atoms in total. The molecule has 0 aliphatic heterocycles. The van der Waals surface area contributed by atoms with Crippen LogP contribution in [0.1, 0.15) is 30.1 Å². The quantitative estimate of drug-likeness (QED) is 0.694. The molecule has 0 bridgehead atoms. The molecule has 27 heavy (non-hydrogen) atoms. The fourth-order valence-corrected chi connectivity index (χ4v) is 2.44. The highest BCUT2D eigenvalue weighted by Crippen LogP contribution is 2.10. The molecule has 0 unspecified atom stereocenters. The average molecular weight is 370 g/mol. The van der Waals surface area contributed by atoms with E-state index in [0.29, 0.717) is 12.2 Å². The summed E-state index contributed by atoms with van der Waals surface area (Å²) in [5.74, 6) is -1.01.